The van der Waals surface area contributed by atoms with Crippen molar-refractivity contribution in [2.75, 3.05) is 28.2 Å². The van der Waals surface area contributed by atoms with Crippen molar-refractivity contribution in [1.29, 1.82) is 0 Å². The van der Waals surface area contributed by atoms with Crippen LogP contribution in [0.4, 0.5) is 0 Å². The maximum absolute atomic E-state index is 5.74. The van der Waals surface area contributed by atoms with E-state index in [9.17, 15) is 0 Å². The Hall–Kier alpha value is -1.30. The van der Waals surface area contributed by atoms with Crippen LogP contribution in [0.25, 0.3) is 0 Å². The average Bonchev–Trinajstić information content (AvgIpc) is 2.25. The smallest absolute Gasteiger partial charge is 0.265 e. The molecule has 1 aliphatic heterocycles. The Balaban J connectivity index is 2.27. The molecule has 0 aromatic heterocycles. The highest BCUT2D eigenvalue weighted by Gasteiger charge is 2.25. The second-order valence-electron chi connectivity index (χ2n) is 4.39. The van der Waals surface area contributed by atoms with Crippen LogP contribution in [0.15, 0.2) is 24.3 Å². The van der Waals surface area contributed by atoms with Crippen molar-refractivity contribution in [2.45, 2.75) is 12.8 Å². The Kier molecular flexibility index (Phi) is 3.51. The van der Waals surface area contributed by atoms with Crippen LogP contribution in [0.5, 0.6) is 11.5 Å². The summed E-state index contributed by atoms with van der Waals surface area (Å²) in [6.45, 7) is 0. The summed E-state index contributed by atoms with van der Waals surface area (Å²) in [4.78, 5) is 3.69. The Morgan fingerprint density at radius 2 is 1.35 bits per heavy atom. The van der Waals surface area contributed by atoms with Crippen LogP contribution in [0, 0.1) is 0 Å². The van der Waals surface area contributed by atoms with E-state index >= 15 is 0 Å². The minimum atomic E-state index is -0.474. The van der Waals surface area contributed by atoms with Gasteiger partial charge in [0.25, 0.3) is 12.8 Å². The summed E-state index contributed by atoms with van der Waals surface area (Å²) in [6, 6.07) is 7.51. The highest BCUT2D eigenvalue weighted by Crippen LogP contribution is 2.25. The Bertz CT molecular complexity index is 351. The minimum absolute atomic E-state index is 0.474. The fourth-order valence-electron chi connectivity index (χ4n) is 1.46. The SMILES string of the molecule is CN(C)C1Oc2cccc(c2)OC(N(C)C)O1. The van der Waals surface area contributed by atoms with Gasteiger partial charge in [-0.1, -0.05) is 6.07 Å². The van der Waals surface area contributed by atoms with E-state index in [2.05, 4.69) is 0 Å². The van der Waals surface area contributed by atoms with E-state index in [4.69, 9.17) is 14.2 Å². The van der Waals surface area contributed by atoms with Crippen molar-refractivity contribution in [1.82, 2.24) is 9.80 Å². The van der Waals surface area contributed by atoms with Crippen molar-refractivity contribution < 1.29 is 14.2 Å². The molecule has 1 heterocycles. The summed E-state index contributed by atoms with van der Waals surface area (Å²) in [6.07, 6.45) is -0.948. The predicted molar refractivity (Wildman–Crippen MR) is 63.7 cm³/mol. The second-order valence-corrected chi connectivity index (χ2v) is 4.39. The number of hydrogen-bond donors (Lipinski definition) is 0. The number of fused-ring (bicyclic) bond motifs is 2. The first-order valence-electron chi connectivity index (χ1n) is 5.48. The molecule has 1 aliphatic rings. The zero-order valence-electron chi connectivity index (χ0n) is 10.6. The quantitative estimate of drug-likeness (QED) is 0.772. The van der Waals surface area contributed by atoms with E-state index in [0.717, 1.165) is 11.5 Å². The summed E-state index contributed by atoms with van der Waals surface area (Å²) in [5.74, 6) is 1.47. The van der Waals surface area contributed by atoms with E-state index in [1.54, 1.807) is 0 Å². The molecule has 1 aromatic carbocycles. The van der Waals surface area contributed by atoms with Gasteiger partial charge in [0.15, 0.2) is 0 Å². The van der Waals surface area contributed by atoms with Crippen LogP contribution >= 0.6 is 0 Å². The van der Waals surface area contributed by atoms with Gasteiger partial charge in [0.1, 0.15) is 11.5 Å². The lowest BCUT2D eigenvalue weighted by Gasteiger charge is -2.34. The molecule has 0 radical (unpaired) electrons. The molecule has 0 spiro atoms. The van der Waals surface area contributed by atoms with Crippen LogP contribution in [-0.4, -0.2) is 50.8 Å². The Morgan fingerprint density at radius 1 is 0.882 bits per heavy atom. The molecule has 2 bridgehead atoms. The molecular formula is C12H18N2O3. The van der Waals surface area contributed by atoms with Gasteiger partial charge in [0, 0.05) is 6.07 Å². The highest BCUT2D eigenvalue weighted by atomic mass is 16.8. The molecule has 2 rings (SSSR count). The van der Waals surface area contributed by atoms with Gasteiger partial charge in [-0.15, -0.1) is 0 Å². The number of nitrogens with zero attached hydrogens (tertiary/aromatic N) is 2. The molecular weight excluding hydrogens is 220 g/mol. The highest BCUT2D eigenvalue weighted by molar-refractivity contribution is 5.33. The van der Waals surface area contributed by atoms with Crippen LogP contribution in [0.2, 0.25) is 0 Å². The Morgan fingerprint density at radius 3 is 1.76 bits per heavy atom. The predicted octanol–water partition coefficient (Wildman–Crippen LogP) is 1.16. The first-order chi connectivity index (χ1) is 8.06. The topological polar surface area (TPSA) is 34.2 Å². The van der Waals surface area contributed by atoms with Crippen molar-refractivity contribution in [2.24, 2.45) is 0 Å². The third kappa shape index (κ3) is 2.88. The number of ether oxygens (including phenoxy) is 3. The fourth-order valence-corrected chi connectivity index (χ4v) is 1.46. The van der Waals surface area contributed by atoms with Crippen molar-refractivity contribution in [3.05, 3.63) is 24.3 Å². The van der Waals surface area contributed by atoms with Gasteiger partial charge in [-0.25, -0.2) is 0 Å². The summed E-state index contributed by atoms with van der Waals surface area (Å²) in [5, 5.41) is 0. The van der Waals surface area contributed by atoms with Crippen molar-refractivity contribution in [3.63, 3.8) is 0 Å². The monoisotopic (exact) mass is 238 g/mol. The normalized spacial score (nSPS) is 23.9. The number of benzene rings is 1. The molecule has 0 aliphatic carbocycles. The number of rotatable bonds is 2. The largest absolute Gasteiger partial charge is 0.451 e. The van der Waals surface area contributed by atoms with Crippen LogP contribution in [0.3, 0.4) is 0 Å². The molecule has 0 saturated heterocycles. The van der Waals surface area contributed by atoms with E-state index in [0.29, 0.717) is 0 Å². The molecule has 1 aromatic rings. The van der Waals surface area contributed by atoms with E-state index < -0.39 is 12.8 Å². The molecule has 94 valence electrons. The van der Waals surface area contributed by atoms with Gasteiger partial charge >= 0.3 is 0 Å². The lowest BCUT2D eigenvalue weighted by molar-refractivity contribution is -0.275. The molecule has 0 N–H and O–H groups in total. The molecule has 0 saturated carbocycles. The molecule has 17 heavy (non-hydrogen) atoms. The van der Waals surface area contributed by atoms with E-state index in [-0.39, 0.29) is 0 Å². The standard InChI is InChI=1S/C12H18N2O3/c1-13(2)11-15-9-6-5-7-10(8-9)16-12(17-11)14(3)4/h5-8,11-12H,1-4H3. The average molecular weight is 238 g/mol. The zero-order chi connectivity index (χ0) is 12.4. The summed E-state index contributed by atoms with van der Waals surface area (Å²) in [7, 11) is 7.57. The maximum atomic E-state index is 5.74. The lowest BCUT2D eigenvalue weighted by atomic mass is 10.3. The van der Waals surface area contributed by atoms with Crippen LogP contribution in [0.1, 0.15) is 0 Å². The third-order valence-electron chi connectivity index (χ3n) is 2.36. The summed E-state index contributed by atoms with van der Waals surface area (Å²) >= 11 is 0. The van der Waals surface area contributed by atoms with Crippen LogP contribution < -0.4 is 9.47 Å². The lowest BCUT2D eigenvalue weighted by Crippen LogP contribution is -2.46. The summed E-state index contributed by atoms with van der Waals surface area (Å²) in [5.41, 5.74) is 0. The zero-order valence-corrected chi connectivity index (χ0v) is 10.6. The molecule has 0 amide bonds. The van der Waals surface area contributed by atoms with Gasteiger partial charge in [0.05, 0.1) is 0 Å². The van der Waals surface area contributed by atoms with Gasteiger partial charge in [-0.3, -0.25) is 14.5 Å². The van der Waals surface area contributed by atoms with Crippen LogP contribution in [-0.2, 0) is 4.74 Å². The van der Waals surface area contributed by atoms with E-state index in [1.165, 1.54) is 0 Å². The van der Waals surface area contributed by atoms with E-state index in [1.807, 2.05) is 62.3 Å². The molecule has 0 fully saturated rings. The molecule has 2 atom stereocenters. The van der Waals surface area contributed by atoms with Crippen molar-refractivity contribution >= 4 is 0 Å². The van der Waals surface area contributed by atoms with Crippen molar-refractivity contribution in [3.8, 4) is 11.5 Å². The first-order valence-corrected chi connectivity index (χ1v) is 5.48. The first kappa shape index (κ1) is 12.2. The molecule has 5 nitrogen and oxygen atoms in total. The summed E-state index contributed by atoms with van der Waals surface area (Å²) < 4.78 is 17.2. The van der Waals surface area contributed by atoms with Gasteiger partial charge < -0.3 is 9.47 Å². The number of hydrogen-bond acceptors (Lipinski definition) is 5. The maximum Gasteiger partial charge on any atom is 0.265 e. The van der Waals surface area contributed by atoms with Gasteiger partial charge in [0.2, 0.25) is 0 Å². The van der Waals surface area contributed by atoms with Gasteiger partial charge in [-0.2, -0.15) is 0 Å². The Labute approximate surface area is 101 Å². The third-order valence-corrected chi connectivity index (χ3v) is 2.36. The molecule has 5 heteroatoms. The second kappa shape index (κ2) is 4.91. The van der Waals surface area contributed by atoms with Gasteiger partial charge in [-0.05, 0) is 40.3 Å². The fraction of sp³-hybridized carbons (Fsp3) is 0.500. The minimum Gasteiger partial charge on any atom is -0.451 e. The molecule has 2 unspecified atom stereocenters.